The molecule has 0 radical (unpaired) electrons. The van der Waals surface area contributed by atoms with E-state index in [1.807, 2.05) is 13.1 Å². The summed E-state index contributed by atoms with van der Waals surface area (Å²) in [6.45, 7) is 0.384. The number of furan rings is 1. The molecule has 8 heteroatoms. The molecule has 0 N–H and O–H groups in total. The Balaban J connectivity index is 1.77. The van der Waals surface area contributed by atoms with Gasteiger partial charge in [0.1, 0.15) is 6.10 Å². The maximum atomic E-state index is 11.9. The Morgan fingerprint density at radius 1 is 1.48 bits per heavy atom. The number of hydrogen-bond acceptors (Lipinski definition) is 6. The van der Waals surface area contributed by atoms with E-state index in [-0.39, 0.29) is 17.9 Å². The second-order valence-corrected chi connectivity index (χ2v) is 5.53. The molecule has 110 valence electrons. The standard InChI is InChI=1S/C13H13N3O4S/c1-15-11(9-3-2-4-18-9)14-16(13(15)21)7-5-8(17)12-19-6-10(7)20-12/h2-4,7,10,12H,5-6H2,1H3/t7-,10+,12+/m1/s1. The van der Waals surface area contributed by atoms with Crippen LogP contribution in [0, 0.1) is 4.77 Å². The molecular weight excluding hydrogens is 294 g/mol. The van der Waals surface area contributed by atoms with Gasteiger partial charge in [-0.1, -0.05) is 0 Å². The highest BCUT2D eigenvalue weighted by Crippen LogP contribution is 2.33. The molecule has 21 heavy (non-hydrogen) atoms. The quantitative estimate of drug-likeness (QED) is 0.782. The number of hydrogen-bond donors (Lipinski definition) is 0. The zero-order valence-corrected chi connectivity index (χ0v) is 12.1. The van der Waals surface area contributed by atoms with Crippen molar-refractivity contribution < 1.29 is 18.7 Å². The van der Waals surface area contributed by atoms with Crippen LogP contribution in [0.3, 0.4) is 0 Å². The van der Waals surface area contributed by atoms with Crippen molar-refractivity contribution in [3.63, 3.8) is 0 Å². The van der Waals surface area contributed by atoms with Gasteiger partial charge < -0.3 is 18.5 Å². The van der Waals surface area contributed by atoms with Crippen LogP contribution >= 0.6 is 12.2 Å². The van der Waals surface area contributed by atoms with Gasteiger partial charge in [0.25, 0.3) is 0 Å². The van der Waals surface area contributed by atoms with Gasteiger partial charge in [-0.25, -0.2) is 4.68 Å². The number of carbonyl (C=O) groups is 1. The molecule has 7 nitrogen and oxygen atoms in total. The summed E-state index contributed by atoms with van der Waals surface area (Å²) in [5, 5.41) is 4.52. The van der Waals surface area contributed by atoms with Crippen LogP contribution in [-0.2, 0) is 21.3 Å². The van der Waals surface area contributed by atoms with E-state index in [9.17, 15) is 4.79 Å². The molecule has 2 aliphatic rings. The number of ether oxygens (including phenoxy) is 2. The Morgan fingerprint density at radius 3 is 3.10 bits per heavy atom. The van der Waals surface area contributed by atoms with Crippen molar-refractivity contribution in [3.8, 4) is 11.6 Å². The van der Waals surface area contributed by atoms with Crippen LogP contribution in [-0.4, -0.2) is 39.1 Å². The van der Waals surface area contributed by atoms with Crippen molar-refractivity contribution in [2.24, 2.45) is 7.05 Å². The molecule has 3 atom stereocenters. The largest absolute Gasteiger partial charge is 0.461 e. The van der Waals surface area contributed by atoms with Crippen molar-refractivity contribution in [2.45, 2.75) is 24.9 Å². The number of fused-ring (bicyclic) bond motifs is 2. The average molecular weight is 307 g/mol. The first kappa shape index (κ1) is 12.9. The molecule has 4 heterocycles. The first-order valence-corrected chi connectivity index (χ1v) is 7.05. The molecule has 0 aromatic carbocycles. The number of carbonyl (C=O) groups excluding carboxylic acids is 1. The van der Waals surface area contributed by atoms with Gasteiger partial charge in [0.2, 0.25) is 6.29 Å². The summed E-state index contributed by atoms with van der Waals surface area (Å²) in [4.78, 5) is 11.9. The Kier molecular flexibility index (Phi) is 2.84. The number of nitrogens with zero attached hydrogens (tertiary/aromatic N) is 3. The number of aromatic nitrogens is 3. The summed E-state index contributed by atoms with van der Waals surface area (Å²) in [5.74, 6) is 1.19. The number of ketones is 1. The monoisotopic (exact) mass is 307 g/mol. The molecule has 2 bridgehead atoms. The molecule has 0 amide bonds. The second kappa shape index (κ2) is 4.62. The maximum absolute atomic E-state index is 11.9. The van der Waals surface area contributed by atoms with Gasteiger partial charge in [0, 0.05) is 13.5 Å². The van der Waals surface area contributed by atoms with Crippen LogP contribution in [0.25, 0.3) is 11.6 Å². The Morgan fingerprint density at radius 2 is 2.33 bits per heavy atom. The molecule has 2 aromatic heterocycles. The van der Waals surface area contributed by atoms with E-state index in [0.29, 0.717) is 29.4 Å². The van der Waals surface area contributed by atoms with Gasteiger partial charge in [-0.2, -0.15) is 0 Å². The van der Waals surface area contributed by atoms with Gasteiger partial charge in [0.05, 0.1) is 18.9 Å². The average Bonchev–Trinajstić information content (AvgIpc) is 3.18. The smallest absolute Gasteiger partial charge is 0.218 e. The lowest BCUT2D eigenvalue weighted by Crippen LogP contribution is -2.37. The molecule has 2 saturated heterocycles. The molecule has 0 aliphatic carbocycles. The van der Waals surface area contributed by atoms with E-state index in [1.54, 1.807) is 21.6 Å². The molecule has 0 unspecified atom stereocenters. The summed E-state index contributed by atoms with van der Waals surface area (Å²) in [7, 11) is 1.82. The van der Waals surface area contributed by atoms with E-state index in [2.05, 4.69) is 5.10 Å². The number of Topliss-reactive ketones (excluding diaryl/α,β-unsaturated/α-hetero) is 1. The van der Waals surface area contributed by atoms with Gasteiger partial charge in [-0.15, -0.1) is 5.10 Å². The van der Waals surface area contributed by atoms with Crippen LogP contribution in [0.15, 0.2) is 22.8 Å². The van der Waals surface area contributed by atoms with Gasteiger partial charge in [-0.3, -0.25) is 4.79 Å². The van der Waals surface area contributed by atoms with E-state index in [4.69, 9.17) is 26.1 Å². The van der Waals surface area contributed by atoms with Crippen LogP contribution in [0.4, 0.5) is 0 Å². The first-order chi connectivity index (χ1) is 10.1. The van der Waals surface area contributed by atoms with Crippen molar-refractivity contribution in [1.29, 1.82) is 0 Å². The SMILES string of the molecule is Cn1c(-c2ccco2)nn([C@@H]2CC(=O)[C@H]3OC[C@@H]2O3)c1=S. The fraction of sp³-hybridized carbons (Fsp3) is 0.462. The topological polar surface area (TPSA) is 71.4 Å². The molecular formula is C13H13N3O4S. The maximum Gasteiger partial charge on any atom is 0.218 e. The molecule has 0 spiro atoms. The minimum Gasteiger partial charge on any atom is -0.461 e. The summed E-state index contributed by atoms with van der Waals surface area (Å²) >= 11 is 5.44. The Hall–Kier alpha value is -1.77. The van der Waals surface area contributed by atoms with E-state index < -0.39 is 6.29 Å². The van der Waals surface area contributed by atoms with E-state index in [1.165, 1.54) is 0 Å². The molecule has 2 fully saturated rings. The minimum absolute atomic E-state index is 0.0687. The number of rotatable bonds is 2. The van der Waals surface area contributed by atoms with Crippen molar-refractivity contribution >= 4 is 18.0 Å². The summed E-state index contributed by atoms with van der Waals surface area (Å²) in [6.07, 6.45) is 0.991. The zero-order valence-electron chi connectivity index (χ0n) is 11.3. The van der Waals surface area contributed by atoms with E-state index >= 15 is 0 Å². The molecule has 0 saturated carbocycles. The van der Waals surface area contributed by atoms with Crippen molar-refractivity contribution in [3.05, 3.63) is 23.2 Å². The van der Waals surface area contributed by atoms with Gasteiger partial charge in [-0.05, 0) is 24.4 Å². The first-order valence-electron chi connectivity index (χ1n) is 6.64. The summed E-state index contributed by atoms with van der Waals surface area (Å²) < 4.78 is 20.2. The molecule has 4 rings (SSSR count). The lowest BCUT2D eigenvalue weighted by atomic mass is 10.0. The fourth-order valence-electron chi connectivity index (χ4n) is 2.76. The Bertz CT molecular complexity index is 748. The second-order valence-electron chi connectivity index (χ2n) is 5.16. The van der Waals surface area contributed by atoms with E-state index in [0.717, 1.165) is 0 Å². The summed E-state index contributed by atoms with van der Waals surface area (Å²) in [6, 6.07) is 3.37. The lowest BCUT2D eigenvalue weighted by Gasteiger charge is -2.26. The fourth-order valence-corrected chi connectivity index (χ4v) is 3.02. The third-order valence-electron chi connectivity index (χ3n) is 3.87. The minimum atomic E-state index is -0.714. The van der Waals surface area contributed by atoms with Crippen LogP contribution in [0.5, 0.6) is 0 Å². The summed E-state index contributed by atoms with van der Waals surface area (Å²) in [5.41, 5.74) is 0. The molecule has 2 aromatic rings. The van der Waals surface area contributed by atoms with Crippen molar-refractivity contribution in [1.82, 2.24) is 14.3 Å². The third-order valence-corrected chi connectivity index (χ3v) is 4.33. The lowest BCUT2D eigenvalue weighted by molar-refractivity contribution is -0.156. The Labute approximate surface area is 125 Å². The van der Waals surface area contributed by atoms with Crippen LogP contribution < -0.4 is 0 Å². The highest BCUT2D eigenvalue weighted by molar-refractivity contribution is 7.71. The predicted molar refractivity (Wildman–Crippen MR) is 73.0 cm³/mol. The highest BCUT2D eigenvalue weighted by atomic mass is 32.1. The normalized spacial score (nSPS) is 28.2. The third kappa shape index (κ3) is 1.90. The van der Waals surface area contributed by atoms with Gasteiger partial charge in [0.15, 0.2) is 22.1 Å². The van der Waals surface area contributed by atoms with Crippen LogP contribution in [0.2, 0.25) is 0 Å². The van der Waals surface area contributed by atoms with Crippen LogP contribution in [0.1, 0.15) is 12.5 Å². The van der Waals surface area contributed by atoms with Gasteiger partial charge >= 0.3 is 0 Å². The highest BCUT2D eigenvalue weighted by Gasteiger charge is 2.45. The zero-order chi connectivity index (χ0) is 14.6. The molecule has 2 aliphatic heterocycles. The predicted octanol–water partition coefficient (Wildman–Crippen LogP) is 1.47. The van der Waals surface area contributed by atoms with Crippen molar-refractivity contribution in [2.75, 3.05) is 6.61 Å².